The van der Waals surface area contributed by atoms with E-state index in [0.29, 0.717) is 12.6 Å². The highest BCUT2D eigenvalue weighted by molar-refractivity contribution is 8.00. The van der Waals surface area contributed by atoms with Crippen LogP contribution in [0.2, 0.25) is 0 Å². The predicted octanol–water partition coefficient (Wildman–Crippen LogP) is 4.37. The van der Waals surface area contributed by atoms with Crippen molar-refractivity contribution in [3.05, 3.63) is 63.6 Å². The largest absolute Gasteiger partial charge is 0.351 e. The number of hydrogen-bond donors (Lipinski definition) is 1. The fraction of sp³-hybridized carbons (Fsp3) is 0.381. The summed E-state index contributed by atoms with van der Waals surface area (Å²) in [6, 6.07) is 12.9. The highest BCUT2D eigenvalue weighted by Crippen LogP contribution is 2.40. The van der Waals surface area contributed by atoms with Gasteiger partial charge in [0.1, 0.15) is 5.82 Å². The number of aromatic nitrogens is 3. The van der Waals surface area contributed by atoms with Gasteiger partial charge in [0.2, 0.25) is 5.91 Å². The first-order valence-corrected chi connectivity index (χ1v) is 11.3. The molecule has 1 unspecified atom stereocenters. The first-order chi connectivity index (χ1) is 13.6. The molecule has 0 radical (unpaired) electrons. The van der Waals surface area contributed by atoms with E-state index >= 15 is 0 Å². The van der Waals surface area contributed by atoms with Gasteiger partial charge in [-0.3, -0.25) is 4.79 Å². The molecule has 2 heterocycles. The molecule has 1 fully saturated rings. The van der Waals surface area contributed by atoms with Crippen LogP contribution in [0.1, 0.15) is 47.6 Å². The van der Waals surface area contributed by atoms with E-state index in [9.17, 15) is 4.79 Å². The van der Waals surface area contributed by atoms with E-state index in [1.165, 1.54) is 22.2 Å². The van der Waals surface area contributed by atoms with E-state index < -0.39 is 0 Å². The Bertz CT molecular complexity index is 930. The van der Waals surface area contributed by atoms with E-state index in [0.717, 1.165) is 35.8 Å². The molecule has 4 rings (SSSR count). The second-order valence-corrected chi connectivity index (χ2v) is 9.56. The molecule has 1 N–H and O–H groups in total. The van der Waals surface area contributed by atoms with Crippen molar-refractivity contribution < 1.29 is 4.79 Å². The van der Waals surface area contributed by atoms with Gasteiger partial charge in [0, 0.05) is 23.9 Å². The monoisotopic (exact) mass is 412 g/mol. The summed E-state index contributed by atoms with van der Waals surface area (Å²) < 4.78 is 2.24. The molecular weight excluding hydrogens is 388 g/mol. The predicted molar refractivity (Wildman–Crippen MR) is 114 cm³/mol. The van der Waals surface area contributed by atoms with Crippen molar-refractivity contribution in [2.75, 3.05) is 0 Å². The number of thiophene rings is 1. The van der Waals surface area contributed by atoms with Gasteiger partial charge in [-0.05, 0) is 43.7 Å². The molecule has 7 heteroatoms. The summed E-state index contributed by atoms with van der Waals surface area (Å²) in [5.74, 6) is 1.02. The van der Waals surface area contributed by atoms with E-state index in [-0.39, 0.29) is 11.2 Å². The highest BCUT2D eigenvalue weighted by Gasteiger charge is 2.31. The third-order valence-electron chi connectivity index (χ3n) is 4.80. The van der Waals surface area contributed by atoms with Crippen LogP contribution in [0.3, 0.4) is 0 Å². The lowest BCUT2D eigenvalue weighted by atomic mass is 10.1. The maximum absolute atomic E-state index is 12.6. The third-order valence-corrected chi connectivity index (χ3v) is 6.73. The van der Waals surface area contributed by atoms with Crippen LogP contribution < -0.4 is 5.32 Å². The van der Waals surface area contributed by atoms with Crippen molar-refractivity contribution >= 4 is 29.0 Å². The smallest absolute Gasteiger partial charge is 0.233 e. The van der Waals surface area contributed by atoms with Crippen molar-refractivity contribution in [2.24, 2.45) is 0 Å². The fourth-order valence-corrected chi connectivity index (χ4v) is 4.69. The Balaban J connectivity index is 1.39. The van der Waals surface area contributed by atoms with E-state index in [1.54, 1.807) is 11.3 Å². The number of carbonyl (C=O) groups is 1. The quantitative estimate of drug-likeness (QED) is 0.558. The van der Waals surface area contributed by atoms with Crippen LogP contribution in [-0.2, 0) is 17.8 Å². The van der Waals surface area contributed by atoms with Gasteiger partial charge in [-0.25, -0.2) is 0 Å². The van der Waals surface area contributed by atoms with E-state index in [1.807, 2.05) is 19.1 Å². The fourth-order valence-electron chi connectivity index (χ4n) is 3.03. The molecule has 0 aliphatic heterocycles. The van der Waals surface area contributed by atoms with Crippen LogP contribution in [0.15, 0.2) is 46.9 Å². The van der Waals surface area contributed by atoms with Gasteiger partial charge < -0.3 is 9.88 Å². The Labute approximate surface area is 173 Å². The Morgan fingerprint density at radius 2 is 2.07 bits per heavy atom. The molecule has 5 nitrogen and oxygen atoms in total. The van der Waals surface area contributed by atoms with Gasteiger partial charge in [-0.1, -0.05) is 47.7 Å². The summed E-state index contributed by atoms with van der Waals surface area (Å²) in [7, 11) is 0. The van der Waals surface area contributed by atoms with Crippen molar-refractivity contribution in [3.8, 4) is 0 Å². The number of hydrogen-bond acceptors (Lipinski definition) is 5. The second kappa shape index (κ2) is 8.49. The van der Waals surface area contributed by atoms with Gasteiger partial charge in [0.05, 0.1) is 5.25 Å². The molecule has 3 aromatic rings. The number of thioether (sulfide) groups is 1. The van der Waals surface area contributed by atoms with Gasteiger partial charge in [0.25, 0.3) is 0 Å². The van der Waals surface area contributed by atoms with Gasteiger partial charge in [0.15, 0.2) is 5.16 Å². The molecule has 28 heavy (non-hydrogen) atoms. The first-order valence-electron chi connectivity index (χ1n) is 9.56. The van der Waals surface area contributed by atoms with E-state index in [2.05, 4.69) is 56.7 Å². The summed E-state index contributed by atoms with van der Waals surface area (Å²) in [5, 5.41) is 14.6. The average Bonchev–Trinajstić information content (AvgIpc) is 3.25. The van der Waals surface area contributed by atoms with Crippen molar-refractivity contribution in [1.29, 1.82) is 0 Å². The maximum Gasteiger partial charge on any atom is 0.233 e. The van der Waals surface area contributed by atoms with Crippen LogP contribution in [0.25, 0.3) is 0 Å². The number of benzene rings is 1. The second-order valence-electron chi connectivity index (χ2n) is 7.22. The van der Waals surface area contributed by atoms with Crippen LogP contribution >= 0.6 is 23.1 Å². The Kier molecular flexibility index (Phi) is 5.82. The molecule has 0 saturated heterocycles. The number of carbonyl (C=O) groups excluding carboxylic acids is 1. The molecule has 0 spiro atoms. The molecule has 1 aromatic carbocycles. The molecule has 1 saturated carbocycles. The van der Waals surface area contributed by atoms with Crippen molar-refractivity contribution in [3.63, 3.8) is 0 Å². The zero-order chi connectivity index (χ0) is 19.5. The lowest BCUT2D eigenvalue weighted by Crippen LogP contribution is -2.30. The molecule has 0 bridgehead atoms. The summed E-state index contributed by atoms with van der Waals surface area (Å²) >= 11 is 3.24. The van der Waals surface area contributed by atoms with Gasteiger partial charge in [-0.15, -0.1) is 21.5 Å². The van der Waals surface area contributed by atoms with Crippen LogP contribution in [0, 0.1) is 6.92 Å². The van der Waals surface area contributed by atoms with Crippen LogP contribution in [0.4, 0.5) is 0 Å². The minimum Gasteiger partial charge on any atom is -0.351 e. The first kappa shape index (κ1) is 19.2. The number of aryl methyl sites for hydroxylation is 1. The standard InChI is InChI=1S/C21H24N4OS2/c1-14-5-7-16(8-6-14)13-22-20(26)15(2)28-21-24-23-19(25(21)17-9-10-17)12-18-4-3-11-27-18/h3-8,11,15,17H,9-10,12-13H2,1-2H3,(H,22,26). The molecular formula is C21H24N4OS2. The van der Waals surface area contributed by atoms with Crippen molar-refractivity contribution in [2.45, 2.75) is 56.1 Å². The minimum atomic E-state index is -0.221. The molecule has 1 amide bonds. The molecule has 2 aromatic heterocycles. The summed E-state index contributed by atoms with van der Waals surface area (Å²) in [4.78, 5) is 13.8. The number of nitrogens with zero attached hydrogens (tertiary/aromatic N) is 3. The topological polar surface area (TPSA) is 59.8 Å². The Hall–Kier alpha value is -2.12. The highest BCUT2D eigenvalue weighted by atomic mass is 32.2. The lowest BCUT2D eigenvalue weighted by Gasteiger charge is -2.13. The number of rotatable bonds is 8. The lowest BCUT2D eigenvalue weighted by molar-refractivity contribution is -0.120. The van der Waals surface area contributed by atoms with Crippen molar-refractivity contribution in [1.82, 2.24) is 20.1 Å². The molecule has 146 valence electrons. The summed E-state index contributed by atoms with van der Waals surface area (Å²) in [6.07, 6.45) is 3.13. The maximum atomic E-state index is 12.6. The van der Waals surface area contributed by atoms with E-state index in [4.69, 9.17) is 0 Å². The summed E-state index contributed by atoms with van der Waals surface area (Å²) in [5.41, 5.74) is 2.33. The Morgan fingerprint density at radius 3 is 2.75 bits per heavy atom. The molecule has 1 atom stereocenters. The molecule has 1 aliphatic carbocycles. The zero-order valence-electron chi connectivity index (χ0n) is 16.1. The molecule has 1 aliphatic rings. The SMILES string of the molecule is Cc1ccc(CNC(=O)C(C)Sc2nnc(Cc3cccs3)n2C2CC2)cc1. The normalized spacial score (nSPS) is 14.8. The van der Waals surface area contributed by atoms with Crippen LogP contribution in [0.5, 0.6) is 0 Å². The third kappa shape index (κ3) is 4.64. The number of nitrogens with one attached hydrogen (secondary N) is 1. The number of amides is 1. The minimum absolute atomic E-state index is 0.0238. The summed E-state index contributed by atoms with van der Waals surface area (Å²) in [6.45, 7) is 4.53. The van der Waals surface area contributed by atoms with Gasteiger partial charge in [-0.2, -0.15) is 0 Å². The van der Waals surface area contributed by atoms with Gasteiger partial charge >= 0.3 is 0 Å². The zero-order valence-corrected chi connectivity index (χ0v) is 17.7. The van der Waals surface area contributed by atoms with Crippen LogP contribution in [-0.4, -0.2) is 25.9 Å². The average molecular weight is 413 g/mol. The Morgan fingerprint density at radius 1 is 1.29 bits per heavy atom.